The van der Waals surface area contributed by atoms with Crippen molar-refractivity contribution in [3.8, 4) is 0 Å². The Morgan fingerprint density at radius 2 is 1.82 bits per heavy atom. The van der Waals surface area contributed by atoms with E-state index in [4.69, 9.17) is 4.74 Å². The molecule has 2 aliphatic carbocycles. The monoisotopic (exact) mass is 470 g/mol. The highest BCUT2D eigenvalue weighted by Gasteiger charge is 2.42. The third-order valence-electron chi connectivity index (χ3n) is 8.93. The van der Waals surface area contributed by atoms with Crippen LogP contribution < -0.4 is 5.32 Å². The summed E-state index contributed by atoms with van der Waals surface area (Å²) in [6.07, 6.45) is 8.94. The summed E-state index contributed by atoms with van der Waals surface area (Å²) in [5, 5.41) is 12.9. The molecule has 6 rings (SSSR count). The van der Waals surface area contributed by atoms with Crippen molar-refractivity contribution < 1.29 is 13.5 Å². The maximum absolute atomic E-state index is 14.5. The Kier molecular flexibility index (Phi) is 6.41. The fraction of sp³-hybridized carbons (Fsp3) is 0.704. The molecular formula is C27H36F2N4O. The maximum atomic E-state index is 14.5. The van der Waals surface area contributed by atoms with Crippen molar-refractivity contribution >= 4 is 0 Å². The van der Waals surface area contributed by atoms with E-state index in [1.54, 1.807) is 0 Å². The van der Waals surface area contributed by atoms with Gasteiger partial charge in [0.25, 0.3) is 0 Å². The number of hydrogen-bond donors (Lipinski definition) is 1. The van der Waals surface area contributed by atoms with Gasteiger partial charge in [0.15, 0.2) is 0 Å². The van der Waals surface area contributed by atoms with Crippen LogP contribution in [-0.4, -0.2) is 43.8 Å². The molecule has 0 spiro atoms. The minimum atomic E-state index is -0.418. The lowest BCUT2D eigenvalue weighted by molar-refractivity contribution is 0.0545. The van der Waals surface area contributed by atoms with Gasteiger partial charge in [0.05, 0.1) is 0 Å². The van der Waals surface area contributed by atoms with E-state index < -0.39 is 11.9 Å². The van der Waals surface area contributed by atoms with Crippen molar-refractivity contribution in [2.45, 2.75) is 63.5 Å². The fourth-order valence-corrected chi connectivity index (χ4v) is 7.24. The molecule has 5 aliphatic rings. The summed E-state index contributed by atoms with van der Waals surface area (Å²) < 4.78 is 33.9. The maximum Gasteiger partial charge on any atom is 0.147 e. The summed E-state index contributed by atoms with van der Waals surface area (Å²) in [5.74, 6) is 2.55. The number of benzene rings is 1. The van der Waals surface area contributed by atoms with Crippen LogP contribution in [0.25, 0.3) is 0 Å². The van der Waals surface area contributed by atoms with Crippen LogP contribution in [0.5, 0.6) is 0 Å². The van der Waals surface area contributed by atoms with Gasteiger partial charge < -0.3 is 15.0 Å². The Morgan fingerprint density at radius 1 is 1.03 bits per heavy atom. The van der Waals surface area contributed by atoms with E-state index in [1.807, 2.05) is 0 Å². The molecule has 1 N–H and O–H groups in total. The average molecular weight is 471 g/mol. The number of azo groups is 1. The minimum absolute atomic E-state index is 0.112. The number of fused-ring (bicyclic) bond motifs is 2. The molecular weight excluding hydrogens is 434 g/mol. The van der Waals surface area contributed by atoms with Crippen molar-refractivity contribution in [3.63, 3.8) is 0 Å². The van der Waals surface area contributed by atoms with Crippen molar-refractivity contribution in [2.24, 2.45) is 33.9 Å². The Balaban J connectivity index is 1.10. The van der Waals surface area contributed by atoms with Gasteiger partial charge in [0.1, 0.15) is 23.5 Å². The smallest absolute Gasteiger partial charge is 0.147 e. The molecule has 34 heavy (non-hydrogen) atoms. The Bertz CT molecular complexity index is 946. The molecule has 184 valence electrons. The largest absolute Gasteiger partial charge is 0.381 e. The summed E-state index contributed by atoms with van der Waals surface area (Å²) >= 11 is 0. The first kappa shape index (κ1) is 22.6. The van der Waals surface area contributed by atoms with E-state index in [2.05, 4.69) is 20.4 Å². The predicted molar refractivity (Wildman–Crippen MR) is 126 cm³/mol. The van der Waals surface area contributed by atoms with Crippen LogP contribution in [0.3, 0.4) is 0 Å². The lowest BCUT2D eigenvalue weighted by atomic mass is 9.76. The molecule has 2 saturated carbocycles. The second-order valence-electron chi connectivity index (χ2n) is 11.2. The molecule has 4 unspecified atom stereocenters. The van der Waals surface area contributed by atoms with Crippen molar-refractivity contribution in [1.82, 2.24) is 10.2 Å². The van der Waals surface area contributed by atoms with E-state index in [0.29, 0.717) is 11.6 Å². The fourth-order valence-electron chi connectivity index (χ4n) is 7.24. The lowest BCUT2D eigenvalue weighted by Gasteiger charge is -2.35. The van der Waals surface area contributed by atoms with Crippen LogP contribution in [0.4, 0.5) is 8.78 Å². The lowest BCUT2D eigenvalue weighted by Crippen LogP contribution is -2.34. The summed E-state index contributed by atoms with van der Waals surface area (Å²) in [6.45, 7) is 5.53. The molecule has 0 amide bonds. The quantitative estimate of drug-likeness (QED) is 0.609. The first-order valence-electron chi connectivity index (χ1n) is 13.3. The summed E-state index contributed by atoms with van der Waals surface area (Å²) in [7, 11) is 0. The van der Waals surface area contributed by atoms with Gasteiger partial charge in [0.2, 0.25) is 0 Å². The topological polar surface area (TPSA) is 49.2 Å². The van der Waals surface area contributed by atoms with Gasteiger partial charge in [-0.2, -0.15) is 5.11 Å². The highest BCUT2D eigenvalue weighted by Crippen LogP contribution is 2.46. The Hall–Kier alpha value is -1.86. The van der Waals surface area contributed by atoms with Crippen molar-refractivity contribution in [3.05, 3.63) is 46.8 Å². The number of nitrogens with one attached hydrogen (secondary N) is 1. The van der Waals surface area contributed by atoms with Crippen LogP contribution in [0.2, 0.25) is 0 Å². The molecule has 3 aliphatic heterocycles. The summed E-state index contributed by atoms with van der Waals surface area (Å²) in [6, 6.07) is 3.70. The third-order valence-corrected chi connectivity index (χ3v) is 8.93. The predicted octanol–water partition coefficient (Wildman–Crippen LogP) is 5.60. The second-order valence-corrected chi connectivity index (χ2v) is 11.2. The number of rotatable bonds is 5. The molecule has 0 radical (unpaired) electrons. The average Bonchev–Trinajstić information content (AvgIpc) is 3.39. The number of ether oxygens (including phenoxy) is 1. The molecule has 3 heterocycles. The van der Waals surface area contributed by atoms with E-state index in [0.717, 1.165) is 62.5 Å². The van der Waals surface area contributed by atoms with Crippen molar-refractivity contribution in [1.29, 1.82) is 0 Å². The summed E-state index contributed by atoms with van der Waals surface area (Å²) in [4.78, 5) is 2.69. The van der Waals surface area contributed by atoms with Gasteiger partial charge in [-0.3, -0.25) is 0 Å². The zero-order chi connectivity index (χ0) is 23.1. The third kappa shape index (κ3) is 4.53. The van der Waals surface area contributed by atoms with Gasteiger partial charge in [-0.15, -0.1) is 5.11 Å². The highest BCUT2D eigenvalue weighted by atomic mass is 19.1. The molecule has 0 aromatic heterocycles. The van der Waals surface area contributed by atoms with E-state index in [9.17, 15) is 8.78 Å². The minimum Gasteiger partial charge on any atom is -0.381 e. The number of halogens is 2. The molecule has 2 saturated heterocycles. The zero-order valence-electron chi connectivity index (χ0n) is 19.9. The van der Waals surface area contributed by atoms with Crippen molar-refractivity contribution in [2.75, 3.05) is 32.8 Å². The molecule has 7 heteroatoms. The molecule has 4 fully saturated rings. The van der Waals surface area contributed by atoms with Crippen LogP contribution in [0.15, 0.2) is 39.8 Å². The standard InChI is InChI=1S/C27H36F2N4O/c28-20-5-6-25(29)24(13-20)26-22-3-1-2-4-23(22)27(32-31-26)30-21-11-18-15-33(16-19(18)12-21)14-17-7-9-34-10-8-17/h5-6,13,17-19,21-22,26,30H,1-4,7-12,14-16H2/t18-,19?,21?,22?,26?/m1/s1. The molecule has 0 bridgehead atoms. The van der Waals surface area contributed by atoms with E-state index in [-0.39, 0.29) is 11.7 Å². The molecule has 5 nitrogen and oxygen atoms in total. The van der Waals surface area contributed by atoms with Gasteiger partial charge in [-0.25, -0.2) is 8.78 Å². The number of nitrogens with zero attached hydrogens (tertiary/aromatic N) is 3. The van der Waals surface area contributed by atoms with Gasteiger partial charge in [-0.05, 0) is 86.5 Å². The van der Waals surface area contributed by atoms with Crippen LogP contribution in [0, 0.1) is 35.3 Å². The van der Waals surface area contributed by atoms with Crippen LogP contribution in [0.1, 0.15) is 63.0 Å². The van der Waals surface area contributed by atoms with Crippen LogP contribution in [-0.2, 0) is 4.74 Å². The zero-order valence-corrected chi connectivity index (χ0v) is 19.9. The number of hydrogen-bond acceptors (Lipinski definition) is 5. The van der Waals surface area contributed by atoms with Gasteiger partial charge in [-0.1, -0.05) is 6.42 Å². The van der Waals surface area contributed by atoms with Gasteiger partial charge in [0, 0.05) is 50.4 Å². The normalized spacial score (nSPS) is 34.4. The highest BCUT2D eigenvalue weighted by molar-refractivity contribution is 5.30. The van der Waals surface area contributed by atoms with Gasteiger partial charge >= 0.3 is 0 Å². The Morgan fingerprint density at radius 3 is 2.62 bits per heavy atom. The second kappa shape index (κ2) is 9.65. The molecule has 1 aromatic rings. The Labute approximate surface area is 201 Å². The van der Waals surface area contributed by atoms with E-state index >= 15 is 0 Å². The molecule has 1 aromatic carbocycles. The molecule has 5 atom stereocenters. The SMILES string of the molecule is Fc1ccc(F)c(C2N=NC(NC3CC4CN(CC5CCOCC5)C[C@H]4C3)=C3CCCCC32)c1. The van der Waals surface area contributed by atoms with E-state index in [1.165, 1.54) is 69.1 Å². The van der Waals surface area contributed by atoms with Crippen LogP contribution >= 0.6 is 0 Å². The first-order chi connectivity index (χ1) is 16.6. The number of likely N-dealkylation sites (tertiary alicyclic amines) is 1. The summed E-state index contributed by atoms with van der Waals surface area (Å²) in [5.41, 5.74) is 1.61. The first-order valence-corrected chi connectivity index (χ1v) is 13.3.